The van der Waals surface area contributed by atoms with Gasteiger partial charge in [0.05, 0.1) is 0 Å². The Kier molecular flexibility index (Phi) is 8.33. The molecule has 12 rings (SSSR count). The van der Waals surface area contributed by atoms with Gasteiger partial charge in [-0.25, -0.2) is 0 Å². The van der Waals surface area contributed by atoms with E-state index in [1.807, 2.05) is 22.7 Å². The SMILES string of the molecule is c1ccc(-c2ccc(-c3ccc(-c4cc5ccc6c7ccc8c(ccc9cc(-c%10ccc(-c%11ccc(-c%12ccccc%12)cc%11)cc%10)sc98)c7ccc6c5s4)cc3)cc2)cc1. The summed E-state index contributed by atoms with van der Waals surface area (Å²) in [5.74, 6) is 0. The minimum absolute atomic E-state index is 1.23. The Hall–Kier alpha value is -7.10. The molecule has 2 aromatic heterocycles. The van der Waals surface area contributed by atoms with Gasteiger partial charge in [0.25, 0.3) is 0 Å². The highest BCUT2D eigenvalue weighted by Crippen LogP contribution is 2.44. The van der Waals surface area contributed by atoms with Gasteiger partial charge in [0.2, 0.25) is 0 Å². The van der Waals surface area contributed by atoms with Crippen molar-refractivity contribution in [3.8, 4) is 65.4 Å². The van der Waals surface area contributed by atoms with E-state index in [1.54, 1.807) is 0 Å². The number of rotatable bonds is 6. The van der Waals surface area contributed by atoms with E-state index in [1.165, 1.54) is 118 Å². The van der Waals surface area contributed by atoms with Crippen LogP contribution in [0.3, 0.4) is 0 Å². The molecule has 0 unspecified atom stereocenters. The third-order valence-electron chi connectivity index (χ3n) is 12.1. The zero-order valence-corrected chi connectivity index (χ0v) is 34.2. The molecule has 0 spiro atoms. The van der Waals surface area contributed by atoms with Crippen molar-refractivity contribution >= 4 is 75.2 Å². The van der Waals surface area contributed by atoms with Crippen molar-refractivity contribution < 1.29 is 0 Å². The van der Waals surface area contributed by atoms with Crippen LogP contribution in [-0.2, 0) is 0 Å². The van der Waals surface area contributed by atoms with Gasteiger partial charge in [0.1, 0.15) is 0 Å². The fraction of sp³-hybridized carbons (Fsp3) is 0. The standard InChI is InChI=1S/C58H36S2/c1-3-7-37(8-4-1)39-11-15-41(16-12-39)43-19-23-45(24-20-43)55-35-47-27-29-51-49-32-34-54-52(50(49)31-33-53(51)57(47)59-55)30-28-48-36-56(60-58(48)54)46-25-21-44(22-26-46)42-17-13-40(14-18-42)38-9-5-2-6-10-38/h1-36H. The zero-order valence-electron chi connectivity index (χ0n) is 32.6. The van der Waals surface area contributed by atoms with Gasteiger partial charge in [-0.3, -0.25) is 0 Å². The van der Waals surface area contributed by atoms with E-state index < -0.39 is 0 Å². The van der Waals surface area contributed by atoms with Gasteiger partial charge < -0.3 is 0 Å². The van der Waals surface area contributed by atoms with E-state index in [-0.39, 0.29) is 0 Å². The maximum Gasteiger partial charge on any atom is 0.0428 e. The average molecular weight is 797 g/mol. The first-order chi connectivity index (χ1) is 29.7. The summed E-state index contributed by atoms with van der Waals surface area (Å²) < 4.78 is 2.69. The first-order valence-electron chi connectivity index (χ1n) is 20.5. The molecule has 0 aliphatic carbocycles. The van der Waals surface area contributed by atoms with Crippen LogP contribution in [0.2, 0.25) is 0 Å². The van der Waals surface area contributed by atoms with Gasteiger partial charge in [-0.15, -0.1) is 22.7 Å². The molecule has 0 saturated carbocycles. The van der Waals surface area contributed by atoms with E-state index >= 15 is 0 Å². The lowest BCUT2D eigenvalue weighted by atomic mass is 9.96. The largest absolute Gasteiger partial charge is 0.135 e. The third-order valence-corrected chi connectivity index (χ3v) is 14.6. The summed E-state index contributed by atoms with van der Waals surface area (Å²) in [7, 11) is 0. The van der Waals surface area contributed by atoms with Crippen LogP contribution in [0, 0.1) is 0 Å². The molecule has 0 N–H and O–H groups in total. The van der Waals surface area contributed by atoms with E-state index in [0.29, 0.717) is 0 Å². The molecule has 0 amide bonds. The fourth-order valence-electron chi connectivity index (χ4n) is 8.94. The molecular weight excluding hydrogens is 761 g/mol. The lowest BCUT2D eigenvalue weighted by molar-refractivity contribution is 1.59. The molecule has 2 heteroatoms. The van der Waals surface area contributed by atoms with Gasteiger partial charge in [-0.1, -0.05) is 206 Å². The van der Waals surface area contributed by atoms with Crippen molar-refractivity contribution in [2.24, 2.45) is 0 Å². The topological polar surface area (TPSA) is 0 Å². The molecule has 0 aliphatic heterocycles. The molecule has 280 valence electrons. The molecule has 0 nitrogen and oxygen atoms in total. The number of benzene rings is 10. The molecule has 2 heterocycles. The molecule has 0 aliphatic rings. The zero-order chi connectivity index (χ0) is 39.6. The Morgan fingerprint density at radius 2 is 0.450 bits per heavy atom. The summed E-state index contributed by atoms with van der Waals surface area (Å²) in [5.41, 5.74) is 12.4. The minimum atomic E-state index is 1.23. The van der Waals surface area contributed by atoms with Crippen LogP contribution in [0.15, 0.2) is 218 Å². The van der Waals surface area contributed by atoms with Crippen LogP contribution in [0.4, 0.5) is 0 Å². The summed E-state index contributed by atoms with van der Waals surface area (Å²) >= 11 is 3.79. The van der Waals surface area contributed by atoms with Crippen LogP contribution in [0.25, 0.3) is 118 Å². The molecule has 0 radical (unpaired) electrons. The van der Waals surface area contributed by atoms with Gasteiger partial charge in [0.15, 0.2) is 0 Å². The van der Waals surface area contributed by atoms with Crippen molar-refractivity contribution in [2.75, 3.05) is 0 Å². The maximum absolute atomic E-state index is 2.36. The number of fused-ring (bicyclic) bond motifs is 9. The molecule has 0 atom stereocenters. The highest BCUT2D eigenvalue weighted by Gasteiger charge is 2.14. The van der Waals surface area contributed by atoms with Crippen LogP contribution in [0.5, 0.6) is 0 Å². The second-order valence-electron chi connectivity index (χ2n) is 15.6. The van der Waals surface area contributed by atoms with Gasteiger partial charge in [0, 0.05) is 29.9 Å². The van der Waals surface area contributed by atoms with Crippen LogP contribution in [0.1, 0.15) is 0 Å². The van der Waals surface area contributed by atoms with Crippen LogP contribution < -0.4 is 0 Å². The Balaban J connectivity index is 0.833. The Labute approximate surface area is 356 Å². The van der Waals surface area contributed by atoms with Gasteiger partial charge >= 0.3 is 0 Å². The van der Waals surface area contributed by atoms with Gasteiger partial charge in [-0.2, -0.15) is 0 Å². The Morgan fingerprint density at radius 1 is 0.200 bits per heavy atom. The van der Waals surface area contributed by atoms with Crippen molar-refractivity contribution in [3.63, 3.8) is 0 Å². The maximum atomic E-state index is 2.36. The summed E-state index contributed by atoms with van der Waals surface area (Å²) in [6.45, 7) is 0. The smallest absolute Gasteiger partial charge is 0.0428 e. The Bertz CT molecular complexity index is 3280. The molecule has 0 fully saturated rings. The lowest BCUT2D eigenvalue weighted by Crippen LogP contribution is -1.81. The second kappa shape index (κ2) is 14.3. The van der Waals surface area contributed by atoms with Crippen molar-refractivity contribution in [1.82, 2.24) is 0 Å². The fourth-order valence-corrected chi connectivity index (χ4v) is 11.3. The molecule has 0 saturated heterocycles. The van der Waals surface area contributed by atoms with Crippen molar-refractivity contribution in [3.05, 3.63) is 218 Å². The second-order valence-corrected chi connectivity index (χ2v) is 17.8. The summed E-state index contributed by atoms with van der Waals surface area (Å²) in [4.78, 5) is 2.59. The summed E-state index contributed by atoms with van der Waals surface area (Å²) in [5, 5.41) is 10.5. The van der Waals surface area contributed by atoms with Crippen LogP contribution >= 0.6 is 22.7 Å². The predicted octanol–water partition coefficient (Wildman–Crippen LogP) is 17.6. The number of hydrogen-bond donors (Lipinski definition) is 0. The highest BCUT2D eigenvalue weighted by atomic mass is 32.1. The number of hydrogen-bond acceptors (Lipinski definition) is 2. The lowest BCUT2D eigenvalue weighted by Gasteiger charge is -2.09. The number of thiophene rings is 2. The third kappa shape index (κ3) is 6.04. The molecule has 12 aromatic rings. The first kappa shape index (κ1) is 34.9. The molecular formula is C58H36S2. The monoisotopic (exact) mass is 796 g/mol. The van der Waals surface area contributed by atoms with E-state index in [9.17, 15) is 0 Å². The van der Waals surface area contributed by atoms with E-state index in [4.69, 9.17) is 0 Å². The summed E-state index contributed by atoms with van der Waals surface area (Å²) in [6.07, 6.45) is 0. The normalized spacial score (nSPS) is 11.7. The minimum Gasteiger partial charge on any atom is -0.135 e. The average Bonchev–Trinajstić information content (AvgIpc) is 3.98. The molecule has 10 aromatic carbocycles. The molecule has 60 heavy (non-hydrogen) atoms. The molecule has 0 bridgehead atoms. The van der Waals surface area contributed by atoms with Crippen LogP contribution in [-0.4, -0.2) is 0 Å². The van der Waals surface area contributed by atoms with Crippen molar-refractivity contribution in [1.29, 1.82) is 0 Å². The van der Waals surface area contributed by atoms with Gasteiger partial charge in [-0.05, 0) is 100 Å². The summed E-state index contributed by atoms with van der Waals surface area (Å²) in [6, 6.07) is 80.4. The van der Waals surface area contributed by atoms with E-state index in [0.717, 1.165) is 0 Å². The quantitative estimate of drug-likeness (QED) is 0.147. The Morgan fingerprint density at radius 3 is 0.783 bits per heavy atom. The first-order valence-corrected chi connectivity index (χ1v) is 22.1. The predicted molar refractivity (Wildman–Crippen MR) is 262 cm³/mol. The highest BCUT2D eigenvalue weighted by molar-refractivity contribution is 7.23. The van der Waals surface area contributed by atoms with Crippen molar-refractivity contribution in [2.45, 2.75) is 0 Å². The van der Waals surface area contributed by atoms with E-state index in [2.05, 4.69) is 218 Å².